The molecule has 0 saturated carbocycles. The summed E-state index contributed by atoms with van der Waals surface area (Å²) in [5.41, 5.74) is 0. The average Bonchev–Trinajstić information content (AvgIpc) is 2.47. The van der Waals surface area contributed by atoms with E-state index in [1.807, 2.05) is 0 Å². The molecule has 0 aromatic rings. The second kappa shape index (κ2) is 7.10. The summed E-state index contributed by atoms with van der Waals surface area (Å²) in [4.78, 5) is 14.8. The third-order valence-corrected chi connectivity index (χ3v) is 5.94. The minimum absolute atomic E-state index is 0.293. The number of hydrogen-bond acceptors (Lipinski definition) is 3. The Kier molecular flexibility index (Phi) is 5.17. The summed E-state index contributed by atoms with van der Waals surface area (Å²) in [6.07, 6.45) is 10.6. The second-order valence-corrected chi connectivity index (χ2v) is 7.37. The zero-order valence-corrected chi connectivity index (χ0v) is 13.4. The van der Waals surface area contributed by atoms with Crippen LogP contribution in [-0.2, 0) is 4.79 Å². The minimum atomic E-state index is 0.293. The van der Waals surface area contributed by atoms with Crippen molar-refractivity contribution >= 4 is 5.91 Å². The molecule has 0 aromatic carbocycles. The van der Waals surface area contributed by atoms with Gasteiger partial charge in [0.15, 0.2) is 0 Å². The van der Waals surface area contributed by atoms with Crippen LogP contribution in [0.5, 0.6) is 0 Å². The molecule has 3 rings (SSSR count). The Morgan fingerprint density at radius 3 is 2.48 bits per heavy atom. The minimum Gasteiger partial charge on any atom is -0.353 e. The summed E-state index contributed by atoms with van der Waals surface area (Å²) in [5, 5.41) is 6.72. The first-order chi connectivity index (χ1) is 10.2. The van der Waals surface area contributed by atoms with E-state index in [2.05, 4.69) is 22.6 Å². The quantitative estimate of drug-likeness (QED) is 0.832. The number of hydrogen-bond donors (Lipinski definition) is 2. The van der Waals surface area contributed by atoms with Gasteiger partial charge < -0.3 is 15.5 Å². The van der Waals surface area contributed by atoms with Gasteiger partial charge in [0.2, 0.25) is 5.91 Å². The topological polar surface area (TPSA) is 44.4 Å². The normalized spacial score (nSPS) is 34.6. The number of fused-ring (bicyclic) bond motifs is 2. The molecule has 0 aromatic heterocycles. The fourth-order valence-electron chi connectivity index (χ4n) is 4.54. The van der Waals surface area contributed by atoms with E-state index in [-0.39, 0.29) is 0 Å². The van der Waals surface area contributed by atoms with Crippen LogP contribution >= 0.6 is 0 Å². The number of carbonyl (C=O) groups is 1. The molecule has 21 heavy (non-hydrogen) atoms. The van der Waals surface area contributed by atoms with Gasteiger partial charge >= 0.3 is 0 Å². The predicted molar refractivity (Wildman–Crippen MR) is 85.2 cm³/mol. The van der Waals surface area contributed by atoms with E-state index in [9.17, 15) is 4.79 Å². The van der Waals surface area contributed by atoms with Crippen molar-refractivity contribution in [2.45, 2.75) is 75.9 Å². The Morgan fingerprint density at radius 2 is 1.81 bits per heavy atom. The summed E-state index contributed by atoms with van der Waals surface area (Å²) in [7, 11) is 2.27. The second-order valence-electron chi connectivity index (χ2n) is 7.37. The number of nitrogens with zero attached hydrogens (tertiary/aromatic N) is 1. The molecule has 3 heterocycles. The van der Waals surface area contributed by atoms with Crippen molar-refractivity contribution in [3.63, 3.8) is 0 Å². The maximum Gasteiger partial charge on any atom is 0.220 e. The molecule has 0 spiro atoms. The molecule has 2 unspecified atom stereocenters. The van der Waals surface area contributed by atoms with Gasteiger partial charge in [-0.05, 0) is 71.0 Å². The summed E-state index contributed by atoms with van der Waals surface area (Å²) in [6, 6.07) is 1.83. The summed E-state index contributed by atoms with van der Waals surface area (Å²) in [6.45, 7) is 2.26. The largest absolute Gasteiger partial charge is 0.353 e. The molecule has 2 N–H and O–H groups in total. The van der Waals surface area contributed by atoms with E-state index in [1.165, 1.54) is 32.1 Å². The van der Waals surface area contributed by atoms with Crippen LogP contribution in [0.1, 0.15) is 57.8 Å². The lowest BCUT2D eigenvalue weighted by Gasteiger charge is -2.47. The van der Waals surface area contributed by atoms with Gasteiger partial charge in [0.1, 0.15) is 0 Å². The monoisotopic (exact) mass is 293 g/mol. The lowest BCUT2D eigenvalue weighted by molar-refractivity contribution is -0.122. The van der Waals surface area contributed by atoms with E-state index in [0.717, 1.165) is 44.7 Å². The first-order valence-corrected chi connectivity index (χ1v) is 8.94. The van der Waals surface area contributed by atoms with Crippen molar-refractivity contribution in [2.75, 3.05) is 20.1 Å². The third kappa shape index (κ3) is 3.98. The molecule has 1 amide bonds. The smallest absolute Gasteiger partial charge is 0.220 e. The van der Waals surface area contributed by atoms with E-state index >= 15 is 0 Å². The molecule has 3 aliphatic rings. The van der Waals surface area contributed by atoms with Crippen molar-refractivity contribution in [3.05, 3.63) is 0 Å². The average molecular weight is 293 g/mol. The lowest BCUT2D eigenvalue weighted by Crippen LogP contribution is -2.55. The van der Waals surface area contributed by atoms with Crippen LogP contribution in [0.25, 0.3) is 0 Å². The number of rotatable bonds is 4. The third-order valence-electron chi connectivity index (χ3n) is 5.94. The molecular formula is C17H31N3O. The van der Waals surface area contributed by atoms with Gasteiger partial charge in [0.05, 0.1) is 0 Å². The molecule has 3 aliphatic heterocycles. The van der Waals surface area contributed by atoms with Crippen molar-refractivity contribution < 1.29 is 4.79 Å². The molecule has 4 nitrogen and oxygen atoms in total. The molecule has 3 fully saturated rings. The maximum atomic E-state index is 12.2. The van der Waals surface area contributed by atoms with Gasteiger partial charge in [-0.25, -0.2) is 0 Å². The van der Waals surface area contributed by atoms with Crippen LogP contribution in [0, 0.1) is 5.92 Å². The number of nitrogens with one attached hydrogen (secondary N) is 2. The zero-order chi connectivity index (χ0) is 14.7. The van der Waals surface area contributed by atoms with Crippen LogP contribution < -0.4 is 10.6 Å². The first-order valence-electron chi connectivity index (χ1n) is 8.94. The number of amides is 1. The van der Waals surface area contributed by atoms with Gasteiger partial charge in [-0.3, -0.25) is 4.79 Å². The van der Waals surface area contributed by atoms with E-state index in [0.29, 0.717) is 24.0 Å². The van der Waals surface area contributed by atoms with Crippen LogP contribution in [-0.4, -0.2) is 49.1 Å². The highest BCUT2D eigenvalue weighted by Gasteiger charge is 2.36. The Bertz CT molecular complexity index is 340. The number of piperidine rings is 3. The summed E-state index contributed by atoms with van der Waals surface area (Å²) in [5.74, 6) is 1.05. The van der Waals surface area contributed by atoms with Crippen LogP contribution in [0.2, 0.25) is 0 Å². The summed E-state index contributed by atoms with van der Waals surface area (Å²) >= 11 is 0. The molecule has 2 bridgehead atoms. The number of carbonyl (C=O) groups excluding carboxylic acids is 1. The molecule has 0 radical (unpaired) electrons. The van der Waals surface area contributed by atoms with E-state index < -0.39 is 0 Å². The fraction of sp³-hybridized carbons (Fsp3) is 0.941. The fourth-order valence-corrected chi connectivity index (χ4v) is 4.54. The molecule has 2 atom stereocenters. The van der Waals surface area contributed by atoms with Gasteiger partial charge in [-0.15, -0.1) is 0 Å². The van der Waals surface area contributed by atoms with Gasteiger partial charge in [0, 0.05) is 24.5 Å². The Hall–Kier alpha value is -0.610. The lowest BCUT2D eigenvalue weighted by atomic mass is 9.82. The molecular weight excluding hydrogens is 262 g/mol. The summed E-state index contributed by atoms with van der Waals surface area (Å²) < 4.78 is 0. The van der Waals surface area contributed by atoms with E-state index in [4.69, 9.17) is 0 Å². The standard InChI is InChI=1S/C17H31N3O/c1-20-15-3-2-4-16(20)12-14(11-15)19-17(21)6-5-13-7-9-18-10-8-13/h13-16,18H,2-12H2,1H3,(H,19,21). The van der Waals surface area contributed by atoms with Crippen LogP contribution in [0.15, 0.2) is 0 Å². The van der Waals surface area contributed by atoms with Crippen LogP contribution in [0.4, 0.5) is 0 Å². The predicted octanol–water partition coefficient (Wildman–Crippen LogP) is 1.90. The maximum absolute atomic E-state index is 12.2. The zero-order valence-electron chi connectivity index (χ0n) is 13.4. The van der Waals surface area contributed by atoms with E-state index in [1.54, 1.807) is 0 Å². The van der Waals surface area contributed by atoms with Crippen molar-refractivity contribution in [1.29, 1.82) is 0 Å². The van der Waals surface area contributed by atoms with Crippen molar-refractivity contribution in [1.82, 2.24) is 15.5 Å². The molecule has 3 saturated heterocycles. The highest BCUT2D eigenvalue weighted by Crippen LogP contribution is 2.32. The van der Waals surface area contributed by atoms with Crippen molar-refractivity contribution in [2.24, 2.45) is 5.92 Å². The highest BCUT2D eigenvalue weighted by atomic mass is 16.1. The van der Waals surface area contributed by atoms with Crippen LogP contribution in [0.3, 0.4) is 0 Å². The van der Waals surface area contributed by atoms with Gasteiger partial charge in [-0.1, -0.05) is 6.42 Å². The molecule has 0 aliphatic carbocycles. The molecule has 4 heteroatoms. The molecule has 120 valence electrons. The Labute approximate surface area is 129 Å². The first kappa shape index (κ1) is 15.3. The SMILES string of the molecule is CN1C2CCCC1CC(NC(=O)CCC1CCNCC1)C2. The Morgan fingerprint density at radius 1 is 1.14 bits per heavy atom. The van der Waals surface area contributed by atoms with Gasteiger partial charge in [-0.2, -0.15) is 0 Å². The highest BCUT2D eigenvalue weighted by molar-refractivity contribution is 5.76. The Balaban J connectivity index is 1.40. The van der Waals surface area contributed by atoms with Crippen molar-refractivity contribution in [3.8, 4) is 0 Å². The van der Waals surface area contributed by atoms with Gasteiger partial charge in [0.25, 0.3) is 0 Å².